The molecule has 0 unspecified atom stereocenters. The van der Waals surface area contributed by atoms with Crippen LogP contribution >= 0.6 is 0 Å². The van der Waals surface area contributed by atoms with Crippen LogP contribution in [0.1, 0.15) is 48.5 Å². The molecule has 1 aliphatic rings. The molecule has 1 saturated heterocycles. The summed E-state index contributed by atoms with van der Waals surface area (Å²) < 4.78 is 0. The van der Waals surface area contributed by atoms with Crippen molar-refractivity contribution in [3.8, 4) is 0 Å². The van der Waals surface area contributed by atoms with Crippen molar-refractivity contribution in [3.05, 3.63) is 0 Å². The number of rotatable bonds is 0. The molecule has 0 radical (unpaired) electrons. The number of piperazine rings is 1. The maximum absolute atomic E-state index is 3.54. The van der Waals surface area contributed by atoms with E-state index < -0.39 is 0 Å². The van der Waals surface area contributed by atoms with Crippen molar-refractivity contribution >= 4 is 0 Å². The van der Waals surface area contributed by atoms with Crippen LogP contribution in [0.2, 0.25) is 0 Å². The van der Waals surface area contributed by atoms with Gasteiger partial charge in [-0.1, -0.05) is 20.8 Å². The summed E-state index contributed by atoms with van der Waals surface area (Å²) in [5, 5.41) is 3.54. The molecule has 0 bridgehead atoms. The average Bonchev–Trinajstić information content (AvgIpc) is 2.00. The third-order valence-corrected chi connectivity index (χ3v) is 4.00. The Balaban J connectivity index is 3.02. The Morgan fingerprint density at radius 1 is 1.07 bits per heavy atom. The van der Waals surface area contributed by atoms with Crippen LogP contribution in [0.4, 0.5) is 0 Å². The highest BCUT2D eigenvalue weighted by atomic mass is 15.3. The van der Waals surface area contributed by atoms with Gasteiger partial charge in [-0.15, -0.1) is 0 Å². The zero-order valence-corrected chi connectivity index (χ0v) is 11.6. The first-order valence-electron chi connectivity index (χ1n) is 6.07. The monoisotopic (exact) mass is 212 g/mol. The van der Waals surface area contributed by atoms with E-state index in [4.69, 9.17) is 0 Å². The summed E-state index contributed by atoms with van der Waals surface area (Å²) in [6.07, 6.45) is 0. The third kappa shape index (κ3) is 2.36. The van der Waals surface area contributed by atoms with Gasteiger partial charge in [0.1, 0.15) is 0 Å². The predicted octanol–water partition coefficient (Wildman–Crippen LogP) is 2.49. The van der Waals surface area contributed by atoms with Gasteiger partial charge in [-0.2, -0.15) is 0 Å². The molecule has 0 aliphatic carbocycles. The highest BCUT2D eigenvalue weighted by Crippen LogP contribution is 2.39. The van der Waals surface area contributed by atoms with Crippen LogP contribution in [0.15, 0.2) is 0 Å². The van der Waals surface area contributed by atoms with Crippen molar-refractivity contribution in [3.63, 3.8) is 0 Å². The SMILES string of the molecule is CC(C)(C)N1CCNC[C@@]1(C)C(C)(C)C. The van der Waals surface area contributed by atoms with E-state index in [9.17, 15) is 0 Å². The fourth-order valence-corrected chi connectivity index (χ4v) is 2.61. The first-order chi connectivity index (χ1) is 6.59. The highest BCUT2D eigenvalue weighted by Gasteiger charge is 2.47. The molecule has 0 aromatic carbocycles. The quantitative estimate of drug-likeness (QED) is 0.664. The summed E-state index contributed by atoms with van der Waals surface area (Å²) in [7, 11) is 0. The van der Waals surface area contributed by atoms with E-state index in [-0.39, 0.29) is 11.1 Å². The average molecular weight is 212 g/mol. The van der Waals surface area contributed by atoms with Crippen molar-refractivity contribution in [2.75, 3.05) is 19.6 Å². The van der Waals surface area contributed by atoms with Gasteiger partial charge >= 0.3 is 0 Å². The minimum Gasteiger partial charge on any atom is -0.314 e. The molecule has 1 rings (SSSR count). The van der Waals surface area contributed by atoms with E-state index in [1.165, 1.54) is 0 Å². The fourth-order valence-electron chi connectivity index (χ4n) is 2.61. The van der Waals surface area contributed by atoms with Crippen LogP contribution in [-0.2, 0) is 0 Å². The van der Waals surface area contributed by atoms with E-state index in [1.54, 1.807) is 0 Å². The highest BCUT2D eigenvalue weighted by molar-refractivity contribution is 5.04. The molecule has 0 spiro atoms. The molecule has 0 saturated carbocycles. The van der Waals surface area contributed by atoms with E-state index in [0.717, 1.165) is 19.6 Å². The van der Waals surface area contributed by atoms with Crippen LogP contribution in [0, 0.1) is 5.41 Å². The Labute approximate surface area is 95.4 Å². The minimum atomic E-state index is 0.240. The lowest BCUT2D eigenvalue weighted by molar-refractivity contribution is -0.0668. The predicted molar refractivity (Wildman–Crippen MR) is 67.2 cm³/mol. The van der Waals surface area contributed by atoms with E-state index in [0.29, 0.717) is 5.41 Å². The second kappa shape index (κ2) is 3.74. The van der Waals surface area contributed by atoms with Crippen molar-refractivity contribution in [2.24, 2.45) is 5.41 Å². The Kier molecular flexibility index (Phi) is 3.24. The molecule has 1 fully saturated rings. The number of hydrogen-bond donors (Lipinski definition) is 1. The Bertz CT molecular complexity index is 222. The molecule has 1 aliphatic heterocycles. The maximum Gasteiger partial charge on any atom is 0.0359 e. The van der Waals surface area contributed by atoms with Crippen molar-refractivity contribution < 1.29 is 0 Å². The standard InChI is InChI=1S/C13H28N2/c1-11(2,3)13(7)10-14-8-9-15(13)12(4,5)6/h14H,8-10H2,1-7H3/t13-/m0/s1. The van der Waals surface area contributed by atoms with Crippen LogP contribution in [0.25, 0.3) is 0 Å². The van der Waals surface area contributed by atoms with Crippen LogP contribution in [-0.4, -0.2) is 35.6 Å². The Morgan fingerprint density at radius 2 is 1.60 bits per heavy atom. The van der Waals surface area contributed by atoms with Gasteiger partial charge in [0.2, 0.25) is 0 Å². The number of nitrogens with one attached hydrogen (secondary N) is 1. The topological polar surface area (TPSA) is 15.3 Å². The van der Waals surface area contributed by atoms with E-state index in [1.807, 2.05) is 0 Å². The lowest BCUT2D eigenvalue weighted by Crippen LogP contribution is -2.69. The van der Waals surface area contributed by atoms with E-state index >= 15 is 0 Å². The van der Waals surface area contributed by atoms with Gasteiger partial charge in [-0.25, -0.2) is 0 Å². The molecule has 1 atom stereocenters. The molecule has 2 nitrogen and oxygen atoms in total. The molecule has 1 heterocycles. The summed E-state index contributed by atoms with van der Waals surface area (Å²) in [6, 6.07) is 0. The summed E-state index contributed by atoms with van der Waals surface area (Å²) in [5.41, 5.74) is 0.793. The van der Waals surface area contributed by atoms with Crippen molar-refractivity contribution in [2.45, 2.75) is 59.5 Å². The smallest absolute Gasteiger partial charge is 0.0359 e. The number of hydrogen-bond acceptors (Lipinski definition) is 2. The van der Waals surface area contributed by atoms with E-state index in [2.05, 4.69) is 58.7 Å². The molecule has 90 valence electrons. The minimum absolute atomic E-state index is 0.240. The lowest BCUT2D eigenvalue weighted by atomic mass is 9.71. The maximum atomic E-state index is 3.54. The van der Waals surface area contributed by atoms with Crippen molar-refractivity contribution in [1.82, 2.24) is 10.2 Å². The first-order valence-corrected chi connectivity index (χ1v) is 6.07. The van der Waals surface area contributed by atoms with Gasteiger partial charge in [0.05, 0.1) is 0 Å². The van der Waals surface area contributed by atoms with Crippen LogP contribution in [0.5, 0.6) is 0 Å². The van der Waals surface area contributed by atoms with Gasteiger partial charge in [-0.05, 0) is 33.1 Å². The normalized spacial score (nSPS) is 30.6. The molecular weight excluding hydrogens is 184 g/mol. The van der Waals surface area contributed by atoms with Crippen LogP contribution < -0.4 is 5.32 Å². The van der Waals surface area contributed by atoms with Crippen LogP contribution in [0.3, 0.4) is 0 Å². The van der Waals surface area contributed by atoms with Crippen molar-refractivity contribution in [1.29, 1.82) is 0 Å². The molecule has 0 aromatic heterocycles. The summed E-state index contributed by atoms with van der Waals surface area (Å²) in [5.74, 6) is 0. The molecule has 1 N–H and O–H groups in total. The Morgan fingerprint density at radius 3 is 1.93 bits per heavy atom. The molecule has 15 heavy (non-hydrogen) atoms. The second-order valence-corrected chi connectivity index (χ2v) is 7.02. The Hall–Kier alpha value is -0.0800. The zero-order valence-electron chi connectivity index (χ0n) is 11.6. The molecular formula is C13H28N2. The molecule has 0 amide bonds. The van der Waals surface area contributed by atoms with Gasteiger partial charge in [0, 0.05) is 30.7 Å². The first kappa shape index (κ1) is 13.0. The fraction of sp³-hybridized carbons (Fsp3) is 1.00. The third-order valence-electron chi connectivity index (χ3n) is 4.00. The second-order valence-electron chi connectivity index (χ2n) is 7.02. The lowest BCUT2D eigenvalue weighted by Gasteiger charge is -2.58. The molecule has 0 aromatic rings. The largest absolute Gasteiger partial charge is 0.314 e. The summed E-state index contributed by atoms with van der Waals surface area (Å²) in [6.45, 7) is 19.8. The molecule has 2 heteroatoms. The van der Waals surface area contributed by atoms with Gasteiger partial charge in [-0.3, -0.25) is 4.90 Å². The van der Waals surface area contributed by atoms with Gasteiger partial charge in [0.25, 0.3) is 0 Å². The number of nitrogens with zero attached hydrogens (tertiary/aromatic N) is 1. The summed E-state index contributed by atoms with van der Waals surface area (Å²) in [4.78, 5) is 2.66. The van der Waals surface area contributed by atoms with Gasteiger partial charge in [0.15, 0.2) is 0 Å². The van der Waals surface area contributed by atoms with Gasteiger partial charge < -0.3 is 5.32 Å². The summed E-state index contributed by atoms with van der Waals surface area (Å²) >= 11 is 0. The zero-order chi connectivity index (χ0) is 11.9.